The molecule has 0 spiro atoms. The summed E-state index contributed by atoms with van der Waals surface area (Å²) in [5, 5.41) is 0. The quantitative estimate of drug-likeness (QED) is 0.916. The van der Waals surface area contributed by atoms with Crippen molar-refractivity contribution in [1.29, 1.82) is 0 Å². The van der Waals surface area contributed by atoms with Crippen LogP contribution in [0, 0.1) is 5.92 Å². The van der Waals surface area contributed by atoms with Crippen molar-refractivity contribution in [3.05, 3.63) is 24.3 Å². The first-order valence-electron chi connectivity index (χ1n) is 7.92. The highest BCUT2D eigenvalue weighted by atomic mass is 16.5. The molecule has 2 aliphatic rings. The number of hydrogen-bond acceptors (Lipinski definition) is 3. The third kappa shape index (κ3) is 2.51. The number of fused-ring (bicyclic) bond motifs is 1. The maximum absolute atomic E-state index is 6.19. The monoisotopic (exact) mass is 274 g/mol. The van der Waals surface area contributed by atoms with Gasteiger partial charge in [0.1, 0.15) is 5.75 Å². The predicted molar refractivity (Wildman–Crippen MR) is 83.3 cm³/mol. The Balaban J connectivity index is 1.89. The van der Waals surface area contributed by atoms with Gasteiger partial charge < -0.3 is 15.4 Å². The van der Waals surface area contributed by atoms with Crippen LogP contribution in [0.4, 0.5) is 5.69 Å². The van der Waals surface area contributed by atoms with Crippen LogP contribution in [0.15, 0.2) is 24.3 Å². The molecule has 1 aromatic carbocycles. The van der Waals surface area contributed by atoms with Crippen molar-refractivity contribution in [2.75, 3.05) is 24.6 Å². The molecule has 1 aromatic rings. The number of nitrogens with zero attached hydrogens (tertiary/aromatic N) is 1. The molecule has 2 N–H and O–H groups in total. The summed E-state index contributed by atoms with van der Waals surface area (Å²) in [5.41, 5.74) is 7.46. The van der Waals surface area contributed by atoms with Gasteiger partial charge in [-0.2, -0.15) is 0 Å². The molecule has 110 valence electrons. The van der Waals surface area contributed by atoms with Gasteiger partial charge in [-0.3, -0.25) is 0 Å². The summed E-state index contributed by atoms with van der Waals surface area (Å²) >= 11 is 0. The van der Waals surface area contributed by atoms with Gasteiger partial charge in [0, 0.05) is 18.6 Å². The molecule has 3 nitrogen and oxygen atoms in total. The number of anilines is 1. The molecule has 20 heavy (non-hydrogen) atoms. The molecule has 3 heteroatoms. The Morgan fingerprint density at radius 1 is 1.30 bits per heavy atom. The number of para-hydroxylation sites is 2. The van der Waals surface area contributed by atoms with Crippen LogP contribution in [0.25, 0.3) is 0 Å². The zero-order chi connectivity index (χ0) is 14.0. The molecule has 3 rings (SSSR count). The van der Waals surface area contributed by atoms with Crippen LogP contribution >= 0.6 is 0 Å². The molecule has 1 aliphatic heterocycles. The molecule has 1 aliphatic carbocycles. The number of ether oxygens (including phenoxy) is 1. The number of benzene rings is 1. The van der Waals surface area contributed by atoms with Gasteiger partial charge >= 0.3 is 0 Å². The summed E-state index contributed by atoms with van der Waals surface area (Å²) in [4.78, 5) is 2.51. The Kier molecular flexibility index (Phi) is 3.88. The van der Waals surface area contributed by atoms with E-state index in [0.29, 0.717) is 6.54 Å². The molecule has 0 saturated heterocycles. The first-order chi connectivity index (χ1) is 9.73. The molecule has 1 saturated carbocycles. The average Bonchev–Trinajstić information content (AvgIpc) is 2.65. The van der Waals surface area contributed by atoms with Crippen LogP contribution in [-0.4, -0.2) is 25.2 Å². The molecule has 1 unspecified atom stereocenters. The Hall–Kier alpha value is -1.22. The van der Waals surface area contributed by atoms with Gasteiger partial charge in [-0.15, -0.1) is 0 Å². The van der Waals surface area contributed by atoms with Gasteiger partial charge in [-0.1, -0.05) is 31.4 Å². The average molecular weight is 274 g/mol. The molecule has 0 amide bonds. The lowest BCUT2D eigenvalue weighted by Gasteiger charge is -2.45. The summed E-state index contributed by atoms with van der Waals surface area (Å²) < 4.78 is 5.88. The third-order valence-electron chi connectivity index (χ3n) is 4.98. The second-order valence-electron chi connectivity index (χ2n) is 6.52. The molecule has 0 radical (unpaired) electrons. The highest BCUT2D eigenvalue weighted by Crippen LogP contribution is 2.40. The van der Waals surface area contributed by atoms with Crippen molar-refractivity contribution in [3.8, 4) is 5.75 Å². The summed E-state index contributed by atoms with van der Waals surface area (Å²) in [5.74, 6) is 1.87. The van der Waals surface area contributed by atoms with Crippen molar-refractivity contribution in [1.82, 2.24) is 0 Å². The number of nitrogens with two attached hydrogens (primary N) is 1. The maximum atomic E-state index is 6.19. The normalized spacial score (nSPS) is 22.2. The lowest BCUT2D eigenvalue weighted by atomic mass is 9.75. The van der Waals surface area contributed by atoms with E-state index in [2.05, 4.69) is 30.0 Å². The largest absolute Gasteiger partial charge is 0.491 e. The van der Waals surface area contributed by atoms with Gasteiger partial charge in [0.15, 0.2) is 0 Å². The zero-order valence-electron chi connectivity index (χ0n) is 12.5. The lowest BCUT2D eigenvalue weighted by Crippen LogP contribution is -2.53. The second kappa shape index (κ2) is 5.65. The third-order valence-corrected chi connectivity index (χ3v) is 4.98. The number of rotatable bonds is 4. The van der Waals surface area contributed by atoms with Gasteiger partial charge in [-0.05, 0) is 37.8 Å². The highest BCUT2D eigenvalue weighted by molar-refractivity contribution is 5.60. The molecule has 1 atom stereocenters. The molecule has 1 heterocycles. The van der Waals surface area contributed by atoms with E-state index in [1.807, 2.05) is 6.07 Å². The van der Waals surface area contributed by atoms with Gasteiger partial charge in [0.05, 0.1) is 12.3 Å². The summed E-state index contributed by atoms with van der Waals surface area (Å²) in [6.45, 7) is 4.88. The minimum Gasteiger partial charge on any atom is -0.491 e. The minimum absolute atomic E-state index is 0.0505. The SMILES string of the molecule is CC(CN)(CC1CCC1)N1CCCOc2ccccc21. The number of hydrogen-bond donors (Lipinski definition) is 1. The molecule has 0 aromatic heterocycles. The van der Waals surface area contributed by atoms with E-state index >= 15 is 0 Å². The Bertz CT molecular complexity index is 458. The second-order valence-corrected chi connectivity index (χ2v) is 6.52. The van der Waals surface area contributed by atoms with E-state index in [0.717, 1.165) is 31.2 Å². The fourth-order valence-electron chi connectivity index (χ4n) is 3.51. The molecular formula is C17H26N2O. The summed E-state index contributed by atoms with van der Waals surface area (Å²) in [6, 6.07) is 8.40. The maximum Gasteiger partial charge on any atom is 0.142 e. The van der Waals surface area contributed by atoms with Gasteiger partial charge in [0.2, 0.25) is 0 Å². The van der Waals surface area contributed by atoms with Crippen molar-refractivity contribution in [2.24, 2.45) is 11.7 Å². The first kappa shape index (κ1) is 13.7. The lowest BCUT2D eigenvalue weighted by molar-refractivity contribution is 0.228. The molecule has 1 fully saturated rings. The fraction of sp³-hybridized carbons (Fsp3) is 0.647. The summed E-state index contributed by atoms with van der Waals surface area (Å²) in [7, 11) is 0. The Labute approximate surface area is 122 Å². The Morgan fingerprint density at radius 2 is 2.10 bits per heavy atom. The standard InChI is InChI=1S/C17H26N2O/c1-17(13-18,12-14-6-4-7-14)19-10-5-11-20-16-9-3-2-8-15(16)19/h2-3,8-9,14H,4-7,10-13,18H2,1H3. The van der Waals surface area contributed by atoms with Crippen molar-refractivity contribution >= 4 is 5.69 Å². The van der Waals surface area contributed by atoms with Crippen LogP contribution in [0.3, 0.4) is 0 Å². The smallest absolute Gasteiger partial charge is 0.142 e. The van der Waals surface area contributed by atoms with Crippen LogP contribution in [-0.2, 0) is 0 Å². The van der Waals surface area contributed by atoms with Gasteiger partial charge in [0.25, 0.3) is 0 Å². The van der Waals surface area contributed by atoms with E-state index < -0.39 is 0 Å². The highest BCUT2D eigenvalue weighted by Gasteiger charge is 2.36. The predicted octanol–water partition coefficient (Wildman–Crippen LogP) is 3.18. The van der Waals surface area contributed by atoms with Crippen LogP contribution in [0.2, 0.25) is 0 Å². The summed E-state index contributed by atoms with van der Waals surface area (Å²) in [6.07, 6.45) is 6.42. The first-order valence-corrected chi connectivity index (χ1v) is 7.92. The van der Waals surface area contributed by atoms with Crippen molar-refractivity contribution in [2.45, 2.75) is 44.6 Å². The van der Waals surface area contributed by atoms with Crippen molar-refractivity contribution in [3.63, 3.8) is 0 Å². The van der Waals surface area contributed by atoms with E-state index in [4.69, 9.17) is 10.5 Å². The van der Waals surface area contributed by atoms with Crippen LogP contribution < -0.4 is 15.4 Å². The van der Waals surface area contributed by atoms with E-state index in [1.165, 1.54) is 31.4 Å². The zero-order valence-corrected chi connectivity index (χ0v) is 12.5. The Morgan fingerprint density at radius 3 is 2.80 bits per heavy atom. The molecule has 0 bridgehead atoms. The topological polar surface area (TPSA) is 38.5 Å². The van der Waals surface area contributed by atoms with E-state index in [9.17, 15) is 0 Å². The van der Waals surface area contributed by atoms with Crippen LogP contribution in [0.1, 0.15) is 39.0 Å². The van der Waals surface area contributed by atoms with E-state index in [1.54, 1.807) is 0 Å². The molecular weight excluding hydrogens is 248 g/mol. The minimum atomic E-state index is 0.0505. The van der Waals surface area contributed by atoms with E-state index in [-0.39, 0.29) is 5.54 Å². The van der Waals surface area contributed by atoms with Crippen molar-refractivity contribution < 1.29 is 4.74 Å². The van der Waals surface area contributed by atoms with Gasteiger partial charge in [-0.25, -0.2) is 0 Å². The fourth-order valence-corrected chi connectivity index (χ4v) is 3.51. The van der Waals surface area contributed by atoms with Crippen LogP contribution in [0.5, 0.6) is 5.75 Å².